The number of rotatable bonds is 9. The highest BCUT2D eigenvalue weighted by Crippen LogP contribution is 2.38. The number of nitrogens with zero attached hydrogens (tertiary/aromatic N) is 2. The van der Waals surface area contributed by atoms with Crippen LogP contribution < -0.4 is 5.32 Å². The van der Waals surface area contributed by atoms with E-state index in [9.17, 15) is 4.79 Å². The highest BCUT2D eigenvalue weighted by Gasteiger charge is 2.19. The molecule has 7 aromatic rings. The van der Waals surface area contributed by atoms with Crippen LogP contribution in [0, 0.1) is 0 Å². The van der Waals surface area contributed by atoms with Crippen LogP contribution in [0.15, 0.2) is 140 Å². The van der Waals surface area contributed by atoms with Gasteiger partial charge in [0.25, 0.3) is 0 Å². The molecule has 0 saturated carbocycles. The molecule has 7 heteroatoms. The molecule has 7 nitrogen and oxygen atoms in total. The lowest BCUT2D eigenvalue weighted by molar-refractivity contribution is -0.137. The number of aromatic nitrogens is 4. The molecule has 2 aliphatic heterocycles. The van der Waals surface area contributed by atoms with Crippen molar-refractivity contribution in [3.05, 3.63) is 162 Å². The second kappa shape index (κ2) is 14.6. The Morgan fingerprint density at radius 2 is 0.818 bits per heavy atom. The first-order chi connectivity index (χ1) is 27.1. The van der Waals surface area contributed by atoms with E-state index in [1.807, 2.05) is 30.3 Å². The molecule has 5 heterocycles. The molecule has 8 bridgehead atoms. The summed E-state index contributed by atoms with van der Waals surface area (Å²) >= 11 is 0. The van der Waals surface area contributed by atoms with Gasteiger partial charge in [-0.2, -0.15) is 0 Å². The van der Waals surface area contributed by atoms with Crippen LogP contribution in [0.5, 0.6) is 0 Å². The summed E-state index contributed by atoms with van der Waals surface area (Å²) in [7, 11) is 0. The molecule has 0 atom stereocenters. The van der Waals surface area contributed by atoms with E-state index >= 15 is 0 Å². The first-order valence-electron chi connectivity index (χ1n) is 18.5. The summed E-state index contributed by atoms with van der Waals surface area (Å²) in [5.74, 6) is -0.789. The third kappa shape index (κ3) is 6.75. The van der Waals surface area contributed by atoms with E-state index in [2.05, 4.69) is 149 Å². The van der Waals surface area contributed by atoms with Gasteiger partial charge < -0.3 is 20.4 Å². The number of aliphatic carboxylic acids is 1. The Morgan fingerprint density at radius 3 is 1.16 bits per heavy atom. The second-order valence-electron chi connectivity index (χ2n) is 13.6. The summed E-state index contributed by atoms with van der Waals surface area (Å²) in [5.41, 5.74) is 16.3. The Kier molecular flexibility index (Phi) is 8.94. The SMILES string of the molecule is O=C(O)CCCNc1ccc(-c2c3nc(c(-c4ccccc4)c4ccc([nH]4)c(-c4ccccc4)c4nc(c(-c5ccccc5)c5ccc2[nH]5)C=C4)C=C3)cc1. The molecule has 0 fully saturated rings. The van der Waals surface area contributed by atoms with Crippen LogP contribution in [0.4, 0.5) is 5.69 Å². The number of hydrogen-bond donors (Lipinski definition) is 4. The molecule has 0 unspecified atom stereocenters. The lowest BCUT2D eigenvalue weighted by atomic mass is 10.0. The summed E-state index contributed by atoms with van der Waals surface area (Å²) in [6.45, 7) is 0.578. The smallest absolute Gasteiger partial charge is 0.303 e. The standard InChI is InChI=1S/C48H37N5O2/c54-44(55)17-10-30-49-35-20-18-34(19-21-35)48-42-28-26-40(52-42)46(32-13-6-2-7-14-32)38-24-22-36(50-38)45(31-11-4-1-5-12-31)37-23-25-39(51-37)47(33-15-8-3-9-16-33)41-27-29-43(48)53-41/h1-9,11-16,18-29,49-50,53H,10,17,30H2,(H,54,55). The van der Waals surface area contributed by atoms with Crippen molar-refractivity contribution in [2.45, 2.75) is 12.8 Å². The normalized spacial score (nSPS) is 11.9. The van der Waals surface area contributed by atoms with Crippen LogP contribution >= 0.6 is 0 Å². The Hall–Kier alpha value is -7.25. The summed E-state index contributed by atoms with van der Waals surface area (Å²) in [6, 6.07) is 48.0. The van der Waals surface area contributed by atoms with Gasteiger partial charge in [0.15, 0.2) is 0 Å². The fraction of sp³-hybridized carbons (Fsp3) is 0.0625. The predicted octanol–water partition coefficient (Wildman–Crippen LogP) is 11.6. The van der Waals surface area contributed by atoms with Gasteiger partial charge in [-0.05, 0) is 89.4 Å². The highest BCUT2D eigenvalue weighted by atomic mass is 16.4. The van der Waals surface area contributed by atoms with Gasteiger partial charge in [0.05, 0.1) is 22.8 Å². The van der Waals surface area contributed by atoms with Crippen LogP contribution in [0.1, 0.15) is 35.6 Å². The fourth-order valence-electron chi connectivity index (χ4n) is 7.46. The largest absolute Gasteiger partial charge is 0.481 e. The molecule has 0 amide bonds. The molecule has 55 heavy (non-hydrogen) atoms. The van der Waals surface area contributed by atoms with Crippen molar-refractivity contribution in [3.63, 3.8) is 0 Å². The minimum Gasteiger partial charge on any atom is -0.481 e. The van der Waals surface area contributed by atoms with Gasteiger partial charge in [0.1, 0.15) is 0 Å². The minimum absolute atomic E-state index is 0.130. The molecule has 4 aromatic carbocycles. The number of carbonyl (C=O) groups is 1. The molecular weight excluding hydrogens is 679 g/mol. The van der Waals surface area contributed by atoms with Gasteiger partial charge in [-0.3, -0.25) is 4.79 Å². The van der Waals surface area contributed by atoms with Crippen LogP contribution in [0.25, 0.3) is 90.9 Å². The van der Waals surface area contributed by atoms with Crippen LogP contribution in [0.2, 0.25) is 0 Å². The first-order valence-corrected chi connectivity index (χ1v) is 18.5. The fourth-order valence-corrected chi connectivity index (χ4v) is 7.46. The van der Waals surface area contributed by atoms with Crippen LogP contribution in [-0.4, -0.2) is 37.6 Å². The first kappa shape index (κ1) is 33.6. The maximum Gasteiger partial charge on any atom is 0.303 e. The summed E-state index contributed by atoms with van der Waals surface area (Å²) in [6.07, 6.45) is 9.11. The monoisotopic (exact) mass is 715 g/mol. The van der Waals surface area contributed by atoms with Crippen molar-refractivity contribution >= 4 is 58.0 Å². The van der Waals surface area contributed by atoms with Crippen molar-refractivity contribution in [2.75, 3.05) is 11.9 Å². The predicted molar refractivity (Wildman–Crippen MR) is 226 cm³/mol. The Bertz CT molecular complexity index is 2730. The molecule has 0 saturated heterocycles. The third-order valence-corrected chi connectivity index (χ3v) is 10.0. The number of carboxylic acid groups (broad SMARTS) is 1. The average Bonchev–Trinajstić information content (AvgIpc) is 4.06. The van der Waals surface area contributed by atoms with E-state index < -0.39 is 5.97 Å². The Morgan fingerprint density at radius 1 is 0.473 bits per heavy atom. The maximum absolute atomic E-state index is 11.0. The minimum atomic E-state index is -0.789. The molecule has 2 aliphatic rings. The van der Waals surface area contributed by atoms with E-state index in [1.54, 1.807) is 0 Å². The molecule has 266 valence electrons. The number of nitrogens with one attached hydrogen (secondary N) is 3. The number of hydrogen-bond acceptors (Lipinski definition) is 4. The highest BCUT2D eigenvalue weighted by molar-refractivity contribution is 5.99. The van der Waals surface area contributed by atoms with Crippen LogP contribution in [-0.2, 0) is 4.79 Å². The summed E-state index contributed by atoms with van der Waals surface area (Å²) in [4.78, 5) is 29.3. The zero-order chi connectivity index (χ0) is 37.1. The third-order valence-electron chi connectivity index (χ3n) is 10.0. The lowest BCUT2D eigenvalue weighted by Gasteiger charge is -2.09. The number of carboxylic acids is 1. The van der Waals surface area contributed by atoms with Crippen LogP contribution in [0.3, 0.4) is 0 Å². The van der Waals surface area contributed by atoms with E-state index in [0.29, 0.717) is 13.0 Å². The molecule has 9 rings (SSSR count). The molecular formula is C48H37N5O2. The maximum atomic E-state index is 11.0. The van der Waals surface area contributed by atoms with Gasteiger partial charge in [-0.15, -0.1) is 0 Å². The Labute approximate surface area is 318 Å². The van der Waals surface area contributed by atoms with Crippen molar-refractivity contribution < 1.29 is 9.90 Å². The van der Waals surface area contributed by atoms with Crippen molar-refractivity contribution in [1.29, 1.82) is 0 Å². The molecule has 0 aliphatic carbocycles. The topological polar surface area (TPSA) is 107 Å². The Balaban J connectivity index is 1.35. The van der Waals surface area contributed by atoms with Crippen molar-refractivity contribution in [3.8, 4) is 44.5 Å². The second-order valence-corrected chi connectivity index (χ2v) is 13.6. The van der Waals surface area contributed by atoms with Gasteiger partial charge >= 0.3 is 5.97 Å². The summed E-state index contributed by atoms with van der Waals surface area (Å²) in [5, 5.41) is 12.4. The number of H-pyrrole nitrogens is 2. The number of anilines is 1. The molecule has 4 N–H and O–H groups in total. The van der Waals surface area contributed by atoms with E-state index in [1.165, 1.54) is 0 Å². The number of fused-ring (bicyclic) bond motifs is 8. The van der Waals surface area contributed by atoms with Crippen molar-refractivity contribution in [2.24, 2.45) is 0 Å². The van der Waals surface area contributed by atoms with Gasteiger partial charge in [0.2, 0.25) is 0 Å². The van der Waals surface area contributed by atoms with Crippen molar-refractivity contribution in [1.82, 2.24) is 19.9 Å². The molecule has 0 radical (unpaired) electrons. The quantitative estimate of drug-likeness (QED) is 0.111. The average molecular weight is 716 g/mol. The molecule has 3 aromatic heterocycles. The van der Waals surface area contributed by atoms with Gasteiger partial charge in [-0.25, -0.2) is 9.97 Å². The van der Waals surface area contributed by atoms with E-state index in [0.717, 1.165) is 95.0 Å². The zero-order valence-electron chi connectivity index (χ0n) is 30.0. The zero-order valence-corrected chi connectivity index (χ0v) is 30.0. The molecule has 0 spiro atoms. The van der Waals surface area contributed by atoms with E-state index in [-0.39, 0.29) is 6.42 Å². The van der Waals surface area contributed by atoms with Gasteiger partial charge in [0, 0.05) is 63.0 Å². The van der Waals surface area contributed by atoms with Gasteiger partial charge in [-0.1, -0.05) is 103 Å². The number of benzene rings is 4. The lowest BCUT2D eigenvalue weighted by Crippen LogP contribution is -2.04. The van der Waals surface area contributed by atoms with E-state index in [4.69, 9.17) is 15.1 Å². The number of aromatic amines is 2. The summed E-state index contributed by atoms with van der Waals surface area (Å²) < 4.78 is 0.